The number of unbranched alkanes of at least 4 members (excludes halogenated alkanes) is 9. The maximum atomic E-state index is 13.9. The van der Waals surface area contributed by atoms with Crippen molar-refractivity contribution in [3.8, 4) is 5.75 Å². The first kappa shape index (κ1) is 39.4. The molecule has 0 aromatic heterocycles. The van der Waals surface area contributed by atoms with Crippen molar-refractivity contribution in [2.75, 3.05) is 11.9 Å². The summed E-state index contributed by atoms with van der Waals surface area (Å²) in [6, 6.07) is 2.86. The Morgan fingerprint density at radius 1 is 0.750 bits per heavy atom. The van der Waals surface area contributed by atoms with Gasteiger partial charge in [0, 0.05) is 5.33 Å². The summed E-state index contributed by atoms with van der Waals surface area (Å²) in [5.74, 6) is -9.07. The number of carbonyl (C=O) groups is 1. The Morgan fingerprint density at radius 2 is 1.18 bits per heavy atom. The molecule has 40 heavy (non-hydrogen) atoms. The van der Waals surface area contributed by atoms with Crippen LogP contribution >= 0.6 is 15.9 Å². The zero-order chi connectivity index (χ0) is 30.0. The number of alkyl halides is 7. The van der Waals surface area contributed by atoms with Crippen LogP contribution < -0.4 is 4.18 Å². The Kier molecular flexibility index (Phi) is 16.6. The summed E-state index contributed by atoms with van der Waals surface area (Å²) in [4.78, 5) is 12.1. The zero-order valence-electron chi connectivity index (χ0n) is 20.6. The van der Waals surface area contributed by atoms with E-state index in [9.17, 15) is 48.0 Å². The third kappa shape index (κ3) is 10.6. The Labute approximate surface area is 259 Å². The van der Waals surface area contributed by atoms with Gasteiger partial charge in [-0.25, -0.2) is 4.79 Å². The van der Waals surface area contributed by atoms with Gasteiger partial charge < -0.3 is 8.92 Å². The molecule has 0 unspecified atom stereocenters. The minimum absolute atomic E-state index is 0. The number of hydrogen-bond acceptors (Lipinski definition) is 7. The number of rotatable bonds is 19. The van der Waals surface area contributed by atoms with Gasteiger partial charge in [0.2, 0.25) is 0 Å². The van der Waals surface area contributed by atoms with Crippen molar-refractivity contribution < 1.29 is 61.4 Å². The normalized spacial score (nSPS) is 13.0. The molecule has 0 spiro atoms. The number of esters is 1. The van der Waals surface area contributed by atoms with Gasteiger partial charge in [-0.1, -0.05) is 67.3 Å². The summed E-state index contributed by atoms with van der Waals surface area (Å²) in [7, 11) is -14.1. The van der Waals surface area contributed by atoms with Crippen LogP contribution in [0.25, 0.3) is 0 Å². The topological polar surface area (TPSA) is 124 Å². The summed E-state index contributed by atoms with van der Waals surface area (Å²) >= 11 is 3.39. The second-order valence-corrected chi connectivity index (χ2v) is 12.3. The van der Waals surface area contributed by atoms with Gasteiger partial charge in [0.1, 0.15) is 5.75 Å². The second-order valence-electron chi connectivity index (χ2n) is 8.51. The monoisotopic (exact) mass is 702 g/mol. The SMILES string of the molecule is O=C(OCCCCCCCCCCCCBr)c1ccc(OS(=O)(=O)C(F)(F)C(F)(F)C(F)(F)S(=O)(=O)O)cc1.[NaH]. The van der Waals surface area contributed by atoms with Crippen LogP contribution in [-0.2, 0) is 25.0 Å². The first-order valence-electron chi connectivity index (χ1n) is 11.8. The number of hydrogen-bond donors (Lipinski definition) is 1. The van der Waals surface area contributed by atoms with E-state index in [1.165, 1.54) is 25.7 Å². The molecule has 1 N–H and O–H groups in total. The minimum atomic E-state index is -7.15. The van der Waals surface area contributed by atoms with Crippen molar-refractivity contribution in [3.63, 3.8) is 0 Å². The van der Waals surface area contributed by atoms with Crippen LogP contribution in [0.2, 0.25) is 0 Å². The fraction of sp³-hybridized carbons (Fsp3) is 0.682. The van der Waals surface area contributed by atoms with Crippen LogP contribution in [0.15, 0.2) is 24.3 Å². The molecule has 18 heteroatoms. The fourth-order valence-electron chi connectivity index (χ4n) is 3.17. The van der Waals surface area contributed by atoms with Crippen LogP contribution in [0.4, 0.5) is 26.3 Å². The predicted molar refractivity (Wildman–Crippen MR) is 140 cm³/mol. The molecule has 228 valence electrons. The second kappa shape index (κ2) is 16.9. The third-order valence-electron chi connectivity index (χ3n) is 5.43. The van der Waals surface area contributed by atoms with Gasteiger partial charge in [-0.2, -0.15) is 43.2 Å². The van der Waals surface area contributed by atoms with Crippen molar-refractivity contribution in [1.29, 1.82) is 0 Å². The fourth-order valence-corrected chi connectivity index (χ4v) is 5.00. The van der Waals surface area contributed by atoms with Crippen molar-refractivity contribution >= 4 is 71.7 Å². The zero-order valence-corrected chi connectivity index (χ0v) is 23.8. The molecule has 0 heterocycles. The summed E-state index contributed by atoms with van der Waals surface area (Å²) in [5.41, 5.74) is -0.186. The van der Waals surface area contributed by atoms with E-state index < -0.39 is 48.4 Å². The van der Waals surface area contributed by atoms with Crippen LogP contribution in [-0.4, -0.2) is 85.3 Å². The van der Waals surface area contributed by atoms with Crippen molar-refractivity contribution in [3.05, 3.63) is 29.8 Å². The summed E-state index contributed by atoms with van der Waals surface area (Å²) in [5, 5.41) is -12.7. The van der Waals surface area contributed by atoms with E-state index in [4.69, 9.17) is 9.29 Å². The average molecular weight is 703 g/mol. The number of benzene rings is 1. The van der Waals surface area contributed by atoms with E-state index in [0.717, 1.165) is 49.6 Å². The quantitative estimate of drug-likeness (QED) is 0.0359. The summed E-state index contributed by atoms with van der Waals surface area (Å²) < 4.78 is 143. The molecule has 0 saturated heterocycles. The van der Waals surface area contributed by atoms with E-state index in [-0.39, 0.29) is 41.7 Å². The van der Waals surface area contributed by atoms with Crippen LogP contribution in [0, 0.1) is 0 Å². The molecule has 1 aromatic rings. The van der Waals surface area contributed by atoms with Crippen LogP contribution in [0.3, 0.4) is 0 Å². The Hall–Kier alpha value is -0.590. The summed E-state index contributed by atoms with van der Waals surface area (Å²) in [6.07, 6.45) is 10.5. The van der Waals surface area contributed by atoms with Crippen molar-refractivity contribution in [2.24, 2.45) is 0 Å². The predicted octanol–water partition coefficient (Wildman–Crippen LogP) is 5.91. The van der Waals surface area contributed by atoms with Crippen LogP contribution in [0.5, 0.6) is 5.75 Å². The number of carbonyl (C=O) groups excluding carboxylic acids is 1. The van der Waals surface area contributed by atoms with Gasteiger partial charge in [-0.15, -0.1) is 0 Å². The molecule has 1 aromatic carbocycles. The van der Waals surface area contributed by atoms with Crippen LogP contribution in [0.1, 0.15) is 74.6 Å². The Balaban J connectivity index is 0.0000152. The van der Waals surface area contributed by atoms with Gasteiger partial charge >= 0.3 is 72.2 Å². The Morgan fingerprint density at radius 3 is 1.60 bits per heavy atom. The first-order valence-corrected chi connectivity index (χ1v) is 15.8. The molecular formula is C22H30BrF6NaO8S2. The molecule has 0 bridgehead atoms. The molecular weight excluding hydrogens is 673 g/mol. The standard InChI is InChI=1S/C22H29BrF6O8S2.Na.H/c23-15-9-7-5-3-1-2-4-6-8-10-16-36-19(30)17-11-13-18(14-12-17)37-39(34,35)22(28,29)20(24,25)21(26,27)38(31,32)33;;/h11-14H,1-10,15-16H2,(H,31,32,33);;. The molecule has 0 atom stereocenters. The molecule has 0 saturated carbocycles. The maximum absolute atomic E-state index is 13.9. The van der Waals surface area contributed by atoms with E-state index in [1.807, 2.05) is 0 Å². The third-order valence-corrected chi connectivity index (χ3v) is 8.19. The molecule has 0 radical (unpaired) electrons. The molecule has 0 aliphatic rings. The number of ether oxygens (including phenoxy) is 1. The van der Waals surface area contributed by atoms with E-state index in [2.05, 4.69) is 20.1 Å². The molecule has 0 aliphatic carbocycles. The van der Waals surface area contributed by atoms with E-state index >= 15 is 0 Å². The molecule has 8 nitrogen and oxygen atoms in total. The Bertz CT molecular complexity index is 1140. The van der Waals surface area contributed by atoms with E-state index in [1.54, 1.807) is 0 Å². The molecule has 0 fully saturated rings. The summed E-state index contributed by atoms with van der Waals surface area (Å²) in [6.45, 7) is 0.0707. The first-order chi connectivity index (χ1) is 17.9. The van der Waals surface area contributed by atoms with Crippen molar-refractivity contribution in [1.82, 2.24) is 0 Å². The van der Waals surface area contributed by atoms with Gasteiger partial charge in [0.25, 0.3) is 0 Å². The van der Waals surface area contributed by atoms with Gasteiger partial charge in [-0.3, -0.25) is 4.55 Å². The molecule has 1 rings (SSSR count). The van der Waals surface area contributed by atoms with E-state index in [0.29, 0.717) is 18.6 Å². The van der Waals surface area contributed by atoms with Gasteiger partial charge in [-0.05, 0) is 37.1 Å². The van der Waals surface area contributed by atoms with Gasteiger partial charge in [0.05, 0.1) is 12.2 Å². The van der Waals surface area contributed by atoms with Crippen molar-refractivity contribution in [2.45, 2.75) is 80.6 Å². The molecule has 0 aliphatic heterocycles. The number of halogens is 7. The van der Waals surface area contributed by atoms with Gasteiger partial charge in [0.15, 0.2) is 0 Å². The average Bonchev–Trinajstić information content (AvgIpc) is 2.83. The molecule has 0 amide bonds.